The Kier molecular flexibility index (Phi) is 5.04. The molecule has 1 N–H and O–H groups in total. The molecule has 140 valence electrons. The highest BCUT2D eigenvalue weighted by Crippen LogP contribution is 2.40. The van der Waals surface area contributed by atoms with E-state index in [0.717, 1.165) is 18.4 Å². The zero-order chi connectivity index (χ0) is 19.0. The molecule has 1 amide bonds. The second kappa shape index (κ2) is 7.46. The Morgan fingerprint density at radius 2 is 2.07 bits per heavy atom. The van der Waals surface area contributed by atoms with Crippen LogP contribution in [-0.2, 0) is 9.53 Å². The topological polar surface area (TPSA) is 66.8 Å². The molecule has 0 spiro atoms. The first-order valence-corrected chi connectivity index (χ1v) is 10.0. The number of hydrogen-bond donors (Lipinski definition) is 1. The van der Waals surface area contributed by atoms with Gasteiger partial charge < -0.3 is 14.7 Å². The average Bonchev–Trinajstić information content (AvgIpc) is 3.41. The summed E-state index contributed by atoms with van der Waals surface area (Å²) in [5.74, 6) is -1.35. The minimum Gasteiger partial charge on any atom is -0.503 e. The Bertz CT molecular complexity index is 885. The molecule has 0 unspecified atom stereocenters. The summed E-state index contributed by atoms with van der Waals surface area (Å²) in [5, 5.41) is 12.9. The molecule has 4 rings (SSSR count). The molecule has 2 aliphatic rings. The van der Waals surface area contributed by atoms with Gasteiger partial charge in [0.2, 0.25) is 5.78 Å². The number of ketones is 1. The van der Waals surface area contributed by atoms with Crippen LogP contribution in [0.25, 0.3) is 0 Å². The molecular weight excluding hydrogens is 386 g/mol. The highest BCUT2D eigenvalue weighted by atomic mass is 35.5. The molecule has 3 heterocycles. The van der Waals surface area contributed by atoms with Gasteiger partial charge in [0.1, 0.15) is 0 Å². The van der Waals surface area contributed by atoms with Crippen molar-refractivity contribution < 1.29 is 19.4 Å². The molecular formula is C20H18ClNO4S. The minimum absolute atomic E-state index is 0.0901. The lowest BCUT2D eigenvalue weighted by molar-refractivity contribution is -0.131. The first-order chi connectivity index (χ1) is 13.1. The van der Waals surface area contributed by atoms with Gasteiger partial charge in [0.25, 0.3) is 5.91 Å². The summed E-state index contributed by atoms with van der Waals surface area (Å²) < 4.78 is 5.67. The molecule has 2 aromatic rings. The summed E-state index contributed by atoms with van der Waals surface area (Å²) in [6, 6.07) is 9.80. The van der Waals surface area contributed by atoms with Gasteiger partial charge in [0.15, 0.2) is 5.76 Å². The van der Waals surface area contributed by atoms with E-state index in [-0.39, 0.29) is 17.5 Å². The molecule has 1 aromatic heterocycles. The zero-order valence-electron chi connectivity index (χ0n) is 14.4. The number of benzene rings is 1. The molecule has 0 saturated carbocycles. The van der Waals surface area contributed by atoms with Crippen molar-refractivity contribution in [2.75, 3.05) is 13.2 Å². The molecule has 2 atom stereocenters. The molecule has 7 heteroatoms. The third-order valence-electron chi connectivity index (χ3n) is 4.90. The van der Waals surface area contributed by atoms with Crippen molar-refractivity contribution >= 4 is 34.6 Å². The van der Waals surface area contributed by atoms with Gasteiger partial charge >= 0.3 is 0 Å². The zero-order valence-corrected chi connectivity index (χ0v) is 16.0. The van der Waals surface area contributed by atoms with Gasteiger partial charge in [-0.2, -0.15) is 0 Å². The summed E-state index contributed by atoms with van der Waals surface area (Å²) in [4.78, 5) is 27.9. The predicted molar refractivity (Wildman–Crippen MR) is 103 cm³/mol. The summed E-state index contributed by atoms with van der Waals surface area (Å²) in [7, 11) is 0. The second-order valence-corrected chi connectivity index (χ2v) is 8.00. The minimum atomic E-state index is -0.659. The molecule has 1 fully saturated rings. The third-order valence-corrected chi connectivity index (χ3v) is 6.02. The van der Waals surface area contributed by atoms with Crippen LogP contribution in [0.3, 0.4) is 0 Å². The van der Waals surface area contributed by atoms with Gasteiger partial charge in [-0.25, -0.2) is 0 Å². The van der Waals surface area contributed by atoms with E-state index in [1.165, 1.54) is 16.2 Å². The second-order valence-electron chi connectivity index (χ2n) is 6.62. The van der Waals surface area contributed by atoms with E-state index in [4.69, 9.17) is 16.3 Å². The molecule has 1 saturated heterocycles. The van der Waals surface area contributed by atoms with Crippen molar-refractivity contribution in [3.05, 3.63) is 68.6 Å². The quantitative estimate of drug-likeness (QED) is 0.761. The Balaban J connectivity index is 1.75. The van der Waals surface area contributed by atoms with Crippen molar-refractivity contribution in [2.45, 2.75) is 25.0 Å². The fraction of sp³-hybridized carbons (Fsp3) is 0.300. The number of nitrogens with zero attached hydrogens (tertiary/aromatic N) is 1. The standard InChI is InChI=1S/C20H18ClNO4S/c21-13-7-5-12(6-8-13)17-16(18(23)15-4-2-10-27-15)19(24)20(25)22(17)11-14-3-1-9-26-14/h2,4-8,10,14,17,24H,1,3,9,11H2/t14-,17-/m0/s1. The number of carbonyl (C=O) groups is 2. The fourth-order valence-electron chi connectivity index (χ4n) is 3.61. The van der Waals surface area contributed by atoms with E-state index >= 15 is 0 Å². The highest BCUT2D eigenvalue weighted by Gasteiger charge is 2.44. The highest BCUT2D eigenvalue weighted by molar-refractivity contribution is 7.12. The van der Waals surface area contributed by atoms with E-state index in [2.05, 4.69) is 0 Å². The van der Waals surface area contributed by atoms with Gasteiger partial charge in [0.05, 0.1) is 22.6 Å². The van der Waals surface area contributed by atoms with Crippen LogP contribution in [0.1, 0.15) is 34.1 Å². The number of amides is 1. The van der Waals surface area contributed by atoms with Crippen LogP contribution >= 0.6 is 22.9 Å². The lowest BCUT2D eigenvalue weighted by atomic mass is 9.95. The Hall–Kier alpha value is -2.15. The smallest absolute Gasteiger partial charge is 0.290 e. The molecule has 1 aromatic carbocycles. The van der Waals surface area contributed by atoms with Crippen molar-refractivity contribution in [3.8, 4) is 0 Å². The first kappa shape index (κ1) is 18.2. The van der Waals surface area contributed by atoms with Crippen LogP contribution in [0.15, 0.2) is 53.1 Å². The Morgan fingerprint density at radius 3 is 2.70 bits per heavy atom. The van der Waals surface area contributed by atoms with E-state index in [1.807, 2.05) is 0 Å². The number of hydrogen-bond acceptors (Lipinski definition) is 5. The summed E-state index contributed by atoms with van der Waals surface area (Å²) >= 11 is 7.29. The number of carbonyl (C=O) groups excluding carboxylic acids is 2. The maximum Gasteiger partial charge on any atom is 0.290 e. The molecule has 0 radical (unpaired) electrons. The first-order valence-electron chi connectivity index (χ1n) is 8.75. The van der Waals surface area contributed by atoms with E-state index < -0.39 is 17.7 Å². The van der Waals surface area contributed by atoms with Crippen LogP contribution in [-0.4, -0.2) is 41.0 Å². The third kappa shape index (κ3) is 3.40. The van der Waals surface area contributed by atoms with Gasteiger partial charge in [-0.05, 0) is 42.0 Å². The summed E-state index contributed by atoms with van der Waals surface area (Å²) in [6.07, 6.45) is 1.71. The lowest BCUT2D eigenvalue weighted by Gasteiger charge is -2.28. The number of Topliss-reactive ketones (excluding diaryl/α,β-unsaturated/α-hetero) is 1. The molecule has 5 nitrogen and oxygen atoms in total. The van der Waals surface area contributed by atoms with Gasteiger partial charge in [0, 0.05) is 18.2 Å². The number of rotatable bonds is 5. The van der Waals surface area contributed by atoms with Crippen LogP contribution in [0.5, 0.6) is 0 Å². The van der Waals surface area contributed by atoms with Crippen molar-refractivity contribution in [2.24, 2.45) is 0 Å². The van der Waals surface area contributed by atoms with Crippen LogP contribution < -0.4 is 0 Å². The molecule has 0 aliphatic carbocycles. The van der Waals surface area contributed by atoms with Crippen molar-refractivity contribution in [1.82, 2.24) is 4.90 Å². The number of halogens is 1. The summed E-state index contributed by atoms with van der Waals surface area (Å²) in [5.41, 5.74) is 0.845. The predicted octanol–water partition coefficient (Wildman–Crippen LogP) is 4.16. The largest absolute Gasteiger partial charge is 0.503 e. The van der Waals surface area contributed by atoms with E-state index in [9.17, 15) is 14.7 Å². The lowest BCUT2D eigenvalue weighted by Crippen LogP contribution is -2.37. The van der Waals surface area contributed by atoms with Crippen LogP contribution in [0.2, 0.25) is 5.02 Å². The molecule has 0 bridgehead atoms. The maximum atomic E-state index is 13.1. The number of ether oxygens (including phenoxy) is 1. The maximum absolute atomic E-state index is 13.1. The number of thiophene rings is 1. The molecule has 27 heavy (non-hydrogen) atoms. The SMILES string of the molecule is O=C(C1=C(O)C(=O)N(C[C@@H]2CCCO2)[C@H]1c1ccc(Cl)cc1)c1cccs1. The molecule has 2 aliphatic heterocycles. The normalized spacial score (nSPS) is 22.7. The Labute approximate surface area is 165 Å². The fourth-order valence-corrected chi connectivity index (χ4v) is 4.42. The summed E-state index contributed by atoms with van der Waals surface area (Å²) in [6.45, 7) is 0.996. The number of aliphatic hydroxyl groups excluding tert-OH is 1. The van der Waals surface area contributed by atoms with Gasteiger partial charge in [-0.3, -0.25) is 9.59 Å². The van der Waals surface area contributed by atoms with Crippen LogP contribution in [0, 0.1) is 0 Å². The van der Waals surface area contributed by atoms with Gasteiger partial charge in [-0.15, -0.1) is 11.3 Å². The Morgan fingerprint density at radius 1 is 1.30 bits per heavy atom. The van der Waals surface area contributed by atoms with Gasteiger partial charge in [-0.1, -0.05) is 29.8 Å². The van der Waals surface area contributed by atoms with Crippen LogP contribution in [0.4, 0.5) is 0 Å². The average molecular weight is 404 g/mol. The van der Waals surface area contributed by atoms with Crippen molar-refractivity contribution in [3.63, 3.8) is 0 Å². The van der Waals surface area contributed by atoms with E-state index in [1.54, 1.807) is 41.8 Å². The number of aliphatic hydroxyl groups is 1. The monoisotopic (exact) mass is 403 g/mol. The van der Waals surface area contributed by atoms with E-state index in [0.29, 0.717) is 23.1 Å². The van der Waals surface area contributed by atoms with Crippen molar-refractivity contribution in [1.29, 1.82) is 0 Å².